The smallest absolute Gasteiger partial charge is 0.0294 e. The molecule has 1 N–H and O–H groups in total. The highest BCUT2D eigenvalue weighted by atomic mass is 15.0. The largest absolute Gasteiger partial charge is 0.306 e. The molecule has 1 heteroatoms. The van der Waals surface area contributed by atoms with Gasteiger partial charge in [0.1, 0.15) is 0 Å². The summed E-state index contributed by atoms with van der Waals surface area (Å²) >= 11 is 0. The molecule has 104 valence electrons. The fourth-order valence-corrected chi connectivity index (χ4v) is 4.81. The Kier molecular flexibility index (Phi) is 3.01. The van der Waals surface area contributed by atoms with Crippen LogP contribution in [0.1, 0.15) is 58.6 Å². The van der Waals surface area contributed by atoms with Crippen LogP contribution in [0.4, 0.5) is 0 Å². The van der Waals surface area contributed by atoms with Crippen molar-refractivity contribution >= 4 is 0 Å². The van der Waals surface area contributed by atoms with E-state index in [1.807, 2.05) is 0 Å². The fourth-order valence-electron chi connectivity index (χ4n) is 4.81. The fraction of sp³-hybridized carbons (Fsp3) is 0.667. The van der Waals surface area contributed by atoms with Gasteiger partial charge in [-0.3, -0.25) is 0 Å². The van der Waals surface area contributed by atoms with Crippen molar-refractivity contribution in [1.29, 1.82) is 0 Å². The maximum Gasteiger partial charge on any atom is 0.0294 e. The van der Waals surface area contributed by atoms with Crippen LogP contribution in [0, 0.1) is 16.7 Å². The topological polar surface area (TPSA) is 12.0 Å². The summed E-state index contributed by atoms with van der Waals surface area (Å²) in [4.78, 5) is 0. The van der Waals surface area contributed by atoms with Crippen molar-refractivity contribution in [3.05, 3.63) is 35.9 Å². The lowest BCUT2D eigenvalue weighted by Crippen LogP contribution is -2.50. The van der Waals surface area contributed by atoms with Crippen molar-refractivity contribution in [2.45, 2.75) is 59.0 Å². The summed E-state index contributed by atoms with van der Waals surface area (Å²) in [5, 5.41) is 3.96. The first-order valence-corrected chi connectivity index (χ1v) is 7.74. The Hall–Kier alpha value is -0.820. The molecule has 0 radical (unpaired) electrons. The lowest BCUT2D eigenvalue weighted by molar-refractivity contribution is 0.100. The second kappa shape index (κ2) is 4.34. The minimum Gasteiger partial charge on any atom is -0.306 e. The zero-order valence-electron chi connectivity index (χ0n) is 12.7. The number of hydrogen-bond donors (Lipinski definition) is 1. The van der Waals surface area contributed by atoms with Crippen molar-refractivity contribution in [1.82, 2.24) is 5.32 Å². The summed E-state index contributed by atoms with van der Waals surface area (Å²) in [6, 6.07) is 11.9. The van der Waals surface area contributed by atoms with E-state index in [2.05, 4.69) is 63.3 Å². The molecule has 0 heterocycles. The molecule has 4 atom stereocenters. The van der Waals surface area contributed by atoms with Gasteiger partial charge in [-0.1, -0.05) is 51.1 Å². The van der Waals surface area contributed by atoms with Crippen LogP contribution in [0.3, 0.4) is 0 Å². The highest BCUT2D eigenvalue weighted by Crippen LogP contribution is 2.62. The molecule has 0 aromatic heterocycles. The van der Waals surface area contributed by atoms with Gasteiger partial charge < -0.3 is 5.32 Å². The van der Waals surface area contributed by atoms with Crippen LogP contribution >= 0.6 is 0 Å². The highest BCUT2D eigenvalue weighted by molar-refractivity contribution is 5.20. The molecule has 2 aliphatic carbocycles. The van der Waals surface area contributed by atoms with Gasteiger partial charge in [-0.2, -0.15) is 0 Å². The molecule has 0 spiro atoms. The molecule has 0 saturated heterocycles. The van der Waals surface area contributed by atoms with Crippen molar-refractivity contribution < 1.29 is 0 Å². The molecule has 19 heavy (non-hydrogen) atoms. The van der Waals surface area contributed by atoms with Crippen LogP contribution in [0.15, 0.2) is 30.3 Å². The van der Waals surface area contributed by atoms with E-state index in [9.17, 15) is 0 Å². The lowest BCUT2D eigenvalue weighted by atomic mass is 9.68. The Morgan fingerprint density at radius 2 is 1.84 bits per heavy atom. The first-order chi connectivity index (χ1) is 8.93. The van der Waals surface area contributed by atoms with Gasteiger partial charge in [0.05, 0.1) is 0 Å². The highest BCUT2D eigenvalue weighted by Gasteiger charge is 2.59. The maximum absolute atomic E-state index is 3.96. The van der Waals surface area contributed by atoms with E-state index >= 15 is 0 Å². The molecule has 1 aromatic rings. The van der Waals surface area contributed by atoms with Crippen molar-refractivity contribution in [3.8, 4) is 0 Å². The zero-order chi connectivity index (χ0) is 13.7. The Morgan fingerprint density at radius 1 is 1.16 bits per heavy atom. The van der Waals surface area contributed by atoms with E-state index in [-0.39, 0.29) is 0 Å². The van der Waals surface area contributed by atoms with Gasteiger partial charge in [0.25, 0.3) is 0 Å². The van der Waals surface area contributed by atoms with Crippen LogP contribution < -0.4 is 5.32 Å². The quantitative estimate of drug-likeness (QED) is 0.837. The monoisotopic (exact) mass is 257 g/mol. The minimum absolute atomic E-state index is 0.441. The molecule has 2 fully saturated rings. The Bertz CT molecular complexity index is 445. The van der Waals surface area contributed by atoms with Gasteiger partial charge in [0.15, 0.2) is 0 Å². The van der Waals surface area contributed by atoms with Crippen molar-refractivity contribution in [3.63, 3.8) is 0 Å². The second-order valence-electron chi connectivity index (χ2n) is 7.65. The van der Waals surface area contributed by atoms with E-state index in [4.69, 9.17) is 0 Å². The summed E-state index contributed by atoms with van der Waals surface area (Å²) in [6.45, 7) is 9.74. The predicted molar refractivity (Wildman–Crippen MR) is 81.0 cm³/mol. The van der Waals surface area contributed by atoms with E-state index in [1.54, 1.807) is 0 Å². The number of fused-ring (bicyclic) bond motifs is 2. The number of hydrogen-bond acceptors (Lipinski definition) is 1. The van der Waals surface area contributed by atoms with E-state index in [0.717, 1.165) is 5.92 Å². The SMILES string of the molecule is C[C@@H](NC1C(C)(C)[C@H]2CC[C@]1(C)C2)c1ccccc1. The van der Waals surface area contributed by atoms with Gasteiger partial charge in [0.2, 0.25) is 0 Å². The third kappa shape index (κ3) is 2.03. The Morgan fingerprint density at radius 3 is 2.42 bits per heavy atom. The Balaban J connectivity index is 1.80. The maximum atomic E-state index is 3.96. The summed E-state index contributed by atoms with van der Waals surface area (Å²) in [5.41, 5.74) is 2.36. The molecular formula is C18H27N. The van der Waals surface area contributed by atoms with Crippen molar-refractivity contribution in [2.75, 3.05) is 0 Å². The van der Waals surface area contributed by atoms with Gasteiger partial charge in [0, 0.05) is 12.1 Å². The second-order valence-corrected chi connectivity index (χ2v) is 7.65. The molecular weight excluding hydrogens is 230 g/mol. The average Bonchev–Trinajstić information content (AvgIpc) is 2.87. The van der Waals surface area contributed by atoms with Crippen LogP contribution in [-0.2, 0) is 0 Å². The Labute approximate surface area is 117 Å². The molecule has 0 amide bonds. The molecule has 1 aromatic carbocycles. The number of rotatable bonds is 3. The lowest BCUT2D eigenvalue weighted by Gasteiger charge is -2.44. The zero-order valence-corrected chi connectivity index (χ0v) is 12.7. The molecule has 3 rings (SSSR count). The molecule has 1 nitrogen and oxygen atoms in total. The molecule has 2 aliphatic rings. The first kappa shape index (κ1) is 13.2. The van der Waals surface area contributed by atoms with E-state index < -0.39 is 0 Å². The van der Waals surface area contributed by atoms with Gasteiger partial charge >= 0.3 is 0 Å². The minimum atomic E-state index is 0.441. The van der Waals surface area contributed by atoms with E-state index in [1.165, 1.54) is 24.8 Å². The summed E-state index contributed by atoms with van der Waals surface area (Å²) in [7, 11) is 0. The third-order valence-corrected chi connectivity index (χ3v) is 5.99. The molecule has 2 bridgehead atoms. The molecule has 2 saturated carbocycles. The summed E-state index contributed by atoms with van der Waals surface area (Å²) < 4.78 is 0. The van der Waals surface area contributed by atoms with Gasteiger partial charge in [-0.05, 0) is 48.5 Å². The van der Waals surface area contributed by atoms with Gasteiger partial charge in [-0.25, -0.2) is 0 Å². The van der Waals surface area contributed by atoms with Crippen molar-refractivity contribution in [2.24, 2.45) is 16.7 Å². The summed E-state index contributed by atoms with van der Waals surface area (Å²) in [5.74, 6) is 0.915. The molecule has 1 unspecified atom stereocenters. The summed E-state index contributed by atoms with van der Waals surface area (Å²) in [6.07, 6.45) is 4.25. The third-order valence-electron chi connectivity index (χ3n) is 5.99. The van der Waals surface area contributed by atoms with Crippen LogP contribution in [0.5, 0.6) is 0 Å². The number of nitrogens with one attached hydrogen (secondary N) is 1. The van der Waals surface area contributed by atoms with Gasteiger partial charge in [-0.15, -0.1) is 0 Å². The number of benzene rings is 1. The molecule has 0 aliphatic heterocycles. The van der Waals surface area contributed by atoms with Crippen LogP contribution in [0.2, 0.25) is 0 Å². The standard InChI is InChI=1S/C18H27N/c1-13(14-8-6-5-7-9-14)19-16-17(2,3)15-10-11-18(16,4)12-15/h5-9,13,15-16,19H,10-12H2,1-4H3/t13-,15+,16?,18-/m1/s1. The van der Waals surface area contributed by atoms with Crippen LogP contribution in [0.25, 0.3) is 0 Å². The predicted octanol–water partition coefficient (Wildman–Crippen LogP) is 4.55. The first-order valence-electron chi connectivity index (χ1n) is 7.74. The van der Waals surface area contributed by atoms with Crippen LogP contribution in [-0.4, -0.2) is 6.04 Å². The normalized spacial score (nSPS) is 37.5. The average molecular weight is 257 g/mol. The van der Waals surface area contributed by atoms with E-state index in [0.29, 0.717) is 22.9 Å².